The van der Waals surface area contributed by atoms with Gasteiger partial charge in [-0.1, -0.05) is 27.7 Å². The second-order valence-electron chi connectivity index (χ2n) is 4.78. The largest absolute Gasteiger partial charge is 0.360 e. The summed E-state index contributed by atoms with van der Waals surface area (Å²) in [5.74, 6) is 2.78. The van der Waals surface area contributed by atoms with Crippen molar-refractivity contribution in [2.75, 3.05) is 13.1 Å². The van der Waals surface area contributed by atoms with Crippen LogP contribution < -0.4 is 0 Å². The molecule has 0 aromatic rings. The normalized spacial score (nSPS) is 23.2. The molecule has 13 heavy (non-hydrogen) atoms. The van der Waals surface area contributed by atoms with Gasteiger partial charge in [-0.25, -0.2) is 0 Å². The Bertz CT molecular complexity index is 185. The van der Waals surface area contributed by atoms with E-state index in [9.17, 15) is 0 Å². The lowest BCUT2D eigenvalue weighted by Gasteiger charge is -2.22. The molecule has 1 rings (SSSR count). The first-order valence-corrected chi connectivity index (χ1v) is 5.35. The first-order valence-electron chi connectivity index (χ1n) is 5.35. The lowest BCUT2D eigenvalue weighted by atomic mass is 9.95. The summed E-state index contributed by atoms with van der Waals surface area (Å²) in [6, 6.07) is 0. The van der Waals surface area contributed by atoms with Gasteiger partial charge < -0.3 is 4.90 Å². The fraction of sp³-hybridized carbons (Fsp3) is 0.909. The van der Waals surface area contributed by atoms with Crippen LogP contribution in [0.4, 0.5) is 0 Å². The zero-order valence-electron chi connectivity index (χ0n) is 9.30. The Hall–Kier alpha value is -0.530. The van der Waals surface area contributed by atoms with Crippen LogP contribution in [-0.4, -0.2) is 23.8 Å². The summed E-state index contributed by atoms with van der Waals surface area (Å²) in [6.07, 6.45) is 1.27. The average molecular weight is 182 g/mol. The number of nitrogens with one attached hydrogen (secondary N) is 1. The van der Waals surface area contributed by atoms with Crippen LogP contribution in [0.3, 0.4) is 0 Å². The van der Waals surface area contributed by atoms with E-state index in [2.05, 4.69) is 32.6 Å². The van der Waals surface area contributed by atoms with Crippen LogP contribution in [0.2, 0.25) is 0 Å². The first-order chi connectivity index (χ1) is 6.02. The third-order valence-corrected chi connectivity index (χ3v) is 3.06. The molecular weight excluding hydrogens is 160 g/mol. The first kappa shape index (κ1) is 10.6. The molecule has 1 N–H and O–H groups in total. The Labute approximate surface area is 81.8 Å². The average Bonchev–Trinajstić information content (AvgIpc) is 2.50. The topological polar surface area (TPSA) is 27.1 Å². The highest BCUT2D eigenvalue weighted by atomic mass is 15.2. The van der Waals surface area contributed by atoms with Crippen molar-refractivity contribution in [3.05, 3.63) is 0 Å². The highest BCUT2D eigenvalue weighted by Crippen LogP contribution is 2.24. The summed E-state index contributed by atoms with van der Waals surface area (Å²) in [4.78, 5) is 2.25. The molecule has 1 aliphatic rings. The van der Waals surface area contributed by atoms with Crippen molar-refractivity contribution in [1.82, 2.24) is 4.90 Å². The Morgan fingerprint density at radius 1 is 1.31 bits per heavy atom. The van der Waals surface area contributed by atoms with Gasteiger partial charge in [0.25, 0.3) is 0 Å². The van der Waals surface area contributed by atoms with Gasteiger partial charge in [-0.3, -0.25) is 5.41 Å². The maximum atomic E-state index is 7.90. The van der Waals surface area contributed by atoms with Crippen molar-refractivity contribution in [3.63, 3.8) is 0 Å². The zero-order valence-corrected chi connectivity index (χ0v) is 9.30. The maximum Gasteiger partial charge on any atom is 0.0983 e. The minimum absolute atomic E-state index is 0.380. The van der Waals surface area contributed by atoms with Gasteiger partial charge in [-0.05, 0) is 18.3 Å². The van der Waals surface area contributed by atoms with E-state index < -0.39 is 0 Å². The summed E-state index contributed by atoms with van der Waals surface area (Å²) in [6.45, 7) is 11.0. The highest BCUT2D eigenvalue weighted by Gasteiger charge is 2.26. The zero-order chi connectivity index (χ0) is 10.0. The van der Waals surface area contributed by atoms with Crippen molar-refractivity contribution in [1.29, 1.82) is 5.41 Å². The SMILES string of the molecule is CC(C)C(=N)N1CCC(C(C)C)C1. The van der Waals surface area contributed by atoms with E-state index in [0.29, 0.717) is 5.92 Å². The molecule has 0 aromatic heterocycles. The van der Waals surface area contributed by atoms with Gasteiger partial charge in [0, 0.05) is 19.0 Å². The molecule has 1 heterocycles. The predicted molar refractivity (Wildman–Crippen MR) is 57.1 cm³/mol. The van der Waals surface area contributed by atoms with Crippen LogP contribution in [0.15, 0.2) is 0 Å². The van der Waals surface area contributed by atoms with E-state index in [-0.39, 0.29) is 0 Å². The second-order valence-corrected chi connectivity index (χ2v) is 4.78. The van der Waals surface area contributed by atoms with E-state index in [1.807, 2.05) is 0 Å². The number of rotatable bonds is 2. The van der Waals surface area contributed by atoms with Crippen LogP contribution in [0.5, 0.6) is 0 Å². The fourth-order valence-electron chi connectivity index (χ4n) is 1.92. The molecule has 0 radical (unpaired) electrons. The Kier molecular flexibility index (Phi) is 3.34. The molecule has 0 spiro atoms. The molecule has 2 nitrogen and oxygen atoms in total. The van der Waals surface area contributed by atoms with Crippen molar-refractivity contribution in [2.45, 2.75) is 34.1 Å². The molecule has 0 saturated carbocycles. The molecule has 0 aromatic carbocycles. The molecular formula is C11H22N2. The van der Waals surface area contributed by atoms with Crippen LogP contribution in [-0.2, 0) is 0 Å². The van der Waals surface area contributed by atoms with Gasteiger partial charge >= 0.3 is 0 Å². The van der Waals surface area contributed by atoms with Gasteiger partial charge in [0.15, 0.2) is 0 Å². The lowest BCUT2D eigenvalue weighted by molar-refractivity contribution is 0.382. The third-order valence-electron chi connectivity index (χ3n) is 3.06. The van der Waals surface area contributed by atoms with Gasteiger partial charge in [0.2, 0.25) is 0 Å². The quantitative estimate of drug-likeness (QED) is 0.516. The second kappa shape index (κ2) is 4.12. The summed E-state index contributed by atoms with van der Waals surface area (Å²) >= 11 is 0. The summed E-state index contributed by atoms with van der Waals surface area (Å²) in [7, 11) is 0. The maximum absolute atomic E-state index is 7.90. The van der Waals surface area contributed by atoms with Crippen LogP contribution in [0, 0.1) is 23.2 Å². The molecule has 0 aliphatic carbocycles. The standard InChI is InChI=1S/C11H22N2/c1-8(2)10-5-6-13(7-10)11(12)9(3)4/h8-10,12H,5-7H2,1-4H3. The molecule has 0 bridgehead atoms. The number of hydrogen-bond donors (Lipinski definition) is 1. The molecule has 1 fully saturated rings. The number of nitrogens with zero attached hydrogens (tertiary/aromatic N) is 1. The van der Waals surface area contributed by atoms with Gasteiger partial charge in [-0.2, -0.15) is 0 Å². The Morgan fingerprint density at radius 3 is 2.31 bits per heavy atom. The van der Waals surface area contributed by atoms with Crippen LogP contribution >= 0.6 is 0 Å². The summed E-state index contributed by atoms with van der Waals surface area (Å²) in [5, 5.41) is 7.90. The molecule has 1 atom stereocenters. The van der Waals surface area contributed by atoms with Crippen molar-refractivity contribution >= 4 is 5.84 Å². The van der Waals surface area contributed by atoms with E-state index in [0.717, 1.165) is 30.8 Å². The smallest absolute Gasteiger partial charge is 0.0983 e. The minimum atomic E-state index is 0.380. The molecule has 1 unspecified atom stereocenters. The number of hydrogen-bond acceptors (Lipinski definition) is 1. The van der Waals surface area contributed by atoms with Gasteiger partial charge in [-0.15, -0.1) is 0 Å². The number of likely N-dealkylation sites (tertiary alicyclic amines) is 1. The van der Waals surface area contributed by atoms with Crippen molar-refractivity contribution in [3.8, 4) is 0 Å². The van der Waals surface area contributed by atoms with Gasteiger partial charge in [0.1, 0.15) is 0 Å². The molecule has 76 valence electrons. The lowest BCUT2D eigenvalue weighted by Crippen LogP contribution is -2.32. The van der Waals surface area contributed by atoms with Crippen LogP contribution in [0.1, 0.15) is 34.1 Å². The Balaban J connectivity index is 2.45. The molecule has 0 amide bonds. The molecule has 2 heteroatoms. The van der Waals surface area contributed by atoms with E-state index >= 15 is 0 Å². The predicted octanol–water partition coefficient (Wildman–Crippen LogP) is 2.60. The molecule has 1 aliphatic heterocycles. The minimum Gasteiger partial charge on any atom is -0.360 e. The Morgan fingerprint density at radius 2 is 1.92 bits per heavy atom. The van der Waals surface area contributed by atoms with E-state index in [1.54, 1.807) is 0 Å². The van der Waals surface area contributed by atoms with Gasteiger partial charge in [0.05, 0.1) is 5.84 Å². The van der Waals surface area contributed by atoms with Crippen molar-refractivity contribution in [2.24, 2.45) is 17.8 Å². The fourth-order valence-corrected chi connectivity index (χ4v) is 1.92. The summed E-state index contributed by atoms with van der Waals surface area (Å²) in [5.41, 5.74) is 0. The van der Waals surface area contributed by atoms with Crippen LogP contribution in [0.25, 0.3) is 0 Å². The monoisotopic (exact) mass is 182 g/mol. The van der Waals surface area contributed by atoms with E-state index in [1.165, 1.54) is 6.42 Å². The van der Waals surface area contributed by atoms with E-state index in [4.69, 9.17) is 5.41 Å². The highest BCUT2D eigenvalue weighted by molar-refractivity contribution is 5.81. The molecule has 1 saturated heterocycles. The number of amidine groups is 1. The third kappa shape index (κ3) is 2.45. The van der Waals surface area contributed by atoms with Crippen molar-refractivity contribution < 1.29 is 0 Å². The summed E-state index contributed by atoms with van der Waals surface area (Å²) < 4.78 is 0.